The highest BCUT2D eigenvalue weighted by atomic mass is 16.5. The summed E-state index contributed by atoms with van der Waals surface area (Å²) in [5.74, 6) is 0. The van der Waals surface area contributed by atoms with Gasteiger partial charge in [0.2, 0.25) is 0 Å². The summed E-state index contributed by atoms with van der Waals surface area (Å²) in [5, 5.41) is 3.60. The summed E-state index contributed by atoms with van der Waals surface area (Å²) in [6.45, 7) is 0.734. The second-order valence-electron chi connectivity index (χ2n) is 4.37. The zero-order valence-corrected chi connectivity index (χ0v) is 8.51. The lowest BCUT2D eigenvalue weighted by molar-refractivity contribution is -0.0917. The molecule has 1 N–H and O–H groups in total. The maximum absolute atomic E-state index is 5.64. The monoisotopic (exact) mass is 185 g/mol. The van der Waals surface area contributed by atoms with E-state index >= 15 is 0 Å². The number of ether oxygens (including phenoxy) is 2. The van der Waals surface area contributed by atoms with Crippen LogP contribution in [0.25, 0.3) is 0 Å². The van der Waals surface area contributed by atoms with E-state index in [9.17, 15) is 0 Å². The van der Waals surface area contributed by atoms with E-state index in [4.69, 9.17) is 9.47 Å². The van der Waals surface area contributed by atoms with Crippen molar-refractivity contribution in [3.8, 4) is 0 Å². The smallest absolute Gasteiger partial charge is 0.0940 e. The Kier molecular flexibility index (Phi) is 2.58. The molecule has 1 unspecified atom stereocenters. The summed E-state index contributed by atoms with van der Waals surface area (Å²) in [5.41, 5.74) is -0.00810. The van der Waals surface area contributed by atoms with E-state index in [-0.39, 0.29) is 5.60 Å². The largest absolute Gasteiger partial charge is 0.382 e. The van der Waals surface area contributed by atoms with Crippen molar-refractivity contribution < 1.29 is 9.47 Å². The summed E-state index contributed by atoms with van der Waals surface area (Å²) in [6, 6.07) is 1.32. The van der Waals surface area contributed by atoms with Gasteiger partial charge in [0.1, 0.15) is 0 Å². The molecule has 0 radical (unpaired) electrons. The molecule has 76 valence electrons. The molecule has 2 heterocycles. The van der Waals surface area contributed by atoms with Crippen LogP contribution in [0.3, 0.4) is 0 Å². The molecule has 2 rings (SSSR count). The van der Waals surface area contributed by atoms with Crippen LogP contribution in [-0.4, -0.2) is 38.5 Å². The van der Waals surface area contributed by atoms with Crippen LogP contribution in [0.4, 0.5) is 0 Å². The number of piperidine rings is 1. The first-order valence-electron chi connectivity index (χ1n) is 5.08. The molecule has 2 fully saturated rings. The van der Waals surface area contributed by atoms with Crippen LogP contribution in [0.15, 0.2) is 0 Å². The SMILES string of the molecule is COCC1(OC)C[C@H]2CC[C@@H](C1)N2. The van der Waals surface area contributed by atoms with Gasteiger partial charge in [0.25, 0.3) is 0 Å². The van der Waals surface area contributed by atoms with Crippen LogP contribution in [0.5, 0.6) is 0 Å². The molecular formula is C10H19NO2. The van der Waals surface area contributed by atoms with E-state index in [0.717, 1.165) is 19.4 Å². The van der Waals surface area contributed by atoms with Gasteiger partial charge >= 0.3 is 0 Å². The molecule has 0 aromatic carbocycles. The number of fused-ring (bicyclic) bond motifs is 2. The van der Waals surface area contributed by atoms with E-state index in [1.165, 1.54) is 12.8 Å². The van der Waals surface area contributed by atoms with E-state index in [1.54, 1.807) is 7.11 Å². The van der Waals surface area contributed by atoms with E-state index in [2.05, 4.69) is 5.32 Å². The predicted molar refractivity (Wildman–Crippen MR) is 50.8 cm³/mol. The second kappa shape index (κ2) is 3.56. The number of hydrogen-bond donors (Lipinski definition) is 1. The summed E-state index contributed by atoms with van der Waals surface area (Å²) in [7, 11) is 3.56. The maximum Gasteiger partial charge on any atom is 0.0940 e. The van der Waals surface area contributed by atoms with Crippen LogP contribution >= 0.6 is 0 Å². The van der Waals surface area contributed by atoms with Gasteiger partial charge in [-0.05, 0) is 25.7 Å². The van der Waals surface area contributed by atoms with Gasteiger partial charge in [-0.2, -0.15) is 0 Å². The third-order valence-corrected chi connectivity index (χ3v) is 3.41. The van der Waals surface area contributed by atoms with E-state index in [0.29, 0.717) is 12.1 Å². The second-order valence-corrected chi connectivity index (χ2v) is 4.37. The molecule has 0 aliphatic carbocycles. The van der Waals surface area contributed by atoms with Crippen molar-refractivity contribution in [2.75, 3.05) is 20.8 Å². The van der Waals surface area contributed by atoms with Gasteiger partial charge in [-0.1, -0.05) is 0 Å². The molecule has 2 aliphatic rings. The molecule has 13 heavy (non-hydrogen) atoms. The van der Waals surface area contributed by atoms with Gasteiger partial charge < -0.3 is 14.8 Å². The molecule has 3 heteroatoms. The molecular weight excluding hydrogens is 166 g/mol. The van der Waals surface area contributed by atoms with Crippen molar-refractivity contribution >= 4 is 0 Å². The summed E-state index contributed by atoms with van der Waals surface area (Å²) in [4.78, 5) is 0. The van der Waals surface area contributed by atoms with Crippen molar-refractivity contribution in [3.05, 3.63) is 0 Å². The van der Waals surface area contributed by atoms with Crippen molar-refractivity contribution in [3.63, 3.8) is 0 Å². The molecule has 2 aliphatic heterocycles. The van der Waals surface area contributed by atoms with E-state index < -0.39 is 0 Å². The van der Waals surface area contributed by atoms with Crippen molar-refractivity contribution in [2.24, 2.45) is 0 Å². The molecule has 2 bridgehead atoms. The van der Waals surface area contributed by atoms with Crippen LogP contribution in [0, 0.1) is 0 Å². The Morgan fingerprint density at radius 1 is 1.23 bits per heavy atom. The highest BCUT2D eigenvalue weighted by Gasteiger charge is 2.43. The fraction of sp³-hybridized carbons (Fsp3) is 1.00. The topological polar surface area (TPSA) is 30.5 Å². The van der Waals surface area contributed by atoms with Gasteiger partial charge in [0.05, 0.1) is 12.2 Å². The number of nitrogens with one attached hydrogen (secondary N) is 1. The highest BCUT2D eigenvalue weighted by molar-refractivity contribution is 5.00. The molecule has 0 saturated carbocycles. The molecule has 0 aromatic heterocycles. The first-order valence-corrected chi connectivity index (χ1v) is 5.08. The van der Waals surface area contributed by atoms with Crippen LogP contribution in [0.1, 0.15) is 25.7 Å². The molecule has 2 saturated heterocycles. The molecule has 0 spiro atoms. The van der Waals surface area contributed by atoms with Crippen molar-refractivity contribution in [2.45, 2.75) is 43.4 Å². The van der Waals surface area contributed by atoms with Gasteiger partial charge in [-0.3, -0.25) is 0 Å². The van der Waals surface area contributed by atoms with Gasteiger partial charge in [0, 0.05) is 26.3 Å². The van der Waals surface area contributed by atoms with Crippen LogP contribution in [-0.2, 0) is 9.47 Å². The average molecular weight is 185 g/mol. The molecule has 0 aromatic rings. The van der Waals surface area contributed by atoms with Gasteiger partial charge in [-0.15, -0.1) is 0 Å². The Labute approximate surface area is 79.8 Å². The van der Waals surface area contributed by atoms with Gasteiger partial charge in [-0.25, -0.2) is 0 Å². The summed E-state index contributed by atoms with van der Waals surface area (Å²) >= 11 is 0. The van der Waals surface area contributed by atoms with E-state index in [1.807, 2.05) is 7.11 Å². The first-order chi connectivity index (χ1) is 6.28. The number of methoxy groups -OCH3 is 2. The van der Waals surface area contributed by atoms with Gasteiger partial charge in [0.15, 0.2) is 0 Å². The first kappa shape index (κ1) is 9.44. The molecule has 0 amide bonds. The zero-order valence-electron chi connectivity index (χ0n) is 8.51. The Hall–Kier alpha value is -0.120. The molecule has 3 nitrogen and oxygen atoms in total. The Morgan fingerprint density at radius 3 is 2.31 bits per heavy atom. The van der Waals surface area contributed by atoms with Crippen LogP contribution < -0.4 is 5.32 Å². The van der Waals surface area contributed by atoms with Crippen LogP contribution in [0.2, 0.25) is 0 Å². The Balaban J connectivity index is 2.04. The normalized spacial score (nSPS) is 43.8. The highest BCUT2D eigenvalue weighted by Crippen LogP contribution is 2.36. The lowest BCUT2D eigenvalue weighted by Gasteiger charge is -2.39. The maximum atomic E-state index is 5.64. The minimum absolute atomic E-state index is 0.00810. The predicted octanol–water partition coefficient (Wildman–Crippen LogP) is 0.932. The Morgan fingerprint density at radius 2 is 1.85 bits per heavy atom. The third kappa shape index (κ3) is 1.73. The third-order valence-electron chi connectivity index (χ3n) is 3.41. The quantitative estimate of drug-likeness (QED) is 0.709. The minimum Gasteiger partial charge on any atom is -0.382 e. The minimum atomic E-state index is -0.00810. The fourth-order valence-electron chi connectivity index (χ4n) is 2.81. The summed E-state index contributed by atoms with van der Waals surface area (Å²) in [6.07, 6.45) is 4.82. The standard InChI is InChI=1S/C10H19NO2/c1-12-7-10(13-2)5-8-3-4-9(6-10)11-8/h8-9,11H,3-7H2,1-2H3/t8-,9+,10?. The zero-order chi connectivity index (χ0) is 9.31. The lowest BCUT2D eigenvalue weighted by atomic mass is 9.88. The summed E-state index contributed by atoms with van der Waals surface area (Å²) < 4.78 is 10.9. The fourth-order valence-corrected chi connectivity index (χ4v) is 2.81. The van der Waals surface area contributed by atoms with Crippen molar-refractivity contribution in [1.82, 2.24) is 5.32 Å². The average Bonchev–Trinajstić information content (AvgIpc) is 2.47. The Bertz CT molecular complexity index is 172. The number of rotatable bonds is 3. The molecule has 3 atom stereocenters. The van der Waals surface area contributed by atoms with Crippen molar-refractivity contribution in [1.29, 1.82) is 0 Å². The lowest BCUT2D eigenvalue weighted by Crippen LogP contribution is -2.51. The number of hydrogen-bond acceptors (Lipinski definition) is 3.